The number of nitrogens with zero attached hydrogens (tertiary/aromatic N) is 2. The quantitative estimate of drug-likeness (QED) is 0.852. The summed E-state index contributed by atoms with van der Waals surface area (Å²) in [6, 6.07) is 7.94. The summed E-state index contributed by atoms with van der Waals surface area (Å²) in [5.74, 6) is 0.896. The summed E-state index contributed by atoms with van der Waals surface area (Å²) in [7, 11) is 1.93. The fourth-order valence-electron chi connectivity index (χ4n) is 1.67. The molecular weight excluding hydrogens is 200 g/mol. The number of hydrogen-bond donors (Lipinski definition) is 1. The van der Waals surface area contributed by atoms with Crippen molar-refractivity contribution in [3.63, 3.8) is 0 Å². The zero-order chi connectivity index (χ0) is 11.5. The second-order valence-electron chi connectivity index (χ2n) is 4.08. The fraction of sp³-hybridized carbons (Fsp3) is 0.308. The zero-order valence-corrected chi connectivity index (χ0v) is 9.59. The van der Waals surface area contributed by atoms with E-state index in [4.69, 9.17) is 0 Å². The molecule has 1 aromatic carbocycles. The standard InChI is InChI=1S/C13H16N2O/c1-10-3-5-11(6-4-10)12(16)9-13-14-7-8-15(13)2/h3-8,12,16H,9H2,1-2H3. The van der Waals surface area contributed by atoms with Crippen molar-refractivity contribution in [2.24, 2.45) is 7.05 Å². The van der Waals surface area contributed by atoms with E-state index < -0.39 is 6.10 Å². The highest BCUT2D eigenvalue weighted by Crippen LogP contribution is 2.17. The monoisotopic (exact) mass is 216 g/mol. The molecule has 2 rings (SSSR count). The second kappa shape index (κ2) is 4.49. The number of aliphatic hydroxyl groups excluding tert-OH is 1. The lowest BCUT2D eigenvalue weighted by Gasteiger charge is -2.11. The van der Waals surface area contributed by atoms with E-state index in [1.165, 1.54) is 5.56 Å². The Morgan fingerprint density at radius 3 is 2.56 bits per heavy atom. The molecule has 2 aromatic rings. The van der Waals surface area contributed by atoms with Crippen LogP contribution >= 0.6 is 0 Å². The third-order valence-corrected chi connectivity index (χ3v) is 2.76. The van der Waals surface area contributed by atoms with Gasteiger partial charge < -0.3 is 9.67 Å². The van der Waals surface area contributed by atoms with Crippen LogP contribution in [0.2, 0.25) is 0 Å². The predicted octanol–water partition coefficient (Wildman–Crippen LogP) is 2.00. The van der Waals surface area contributed by atoms with E-state index in [1.54, 1.807) is 6.20 Å². The average molecular weight is 216 g/mol. The molecule has 0 aliphatic heterocycles. The Labute approximate surface area is 95.4 Å². The van der Waals surface area contributed by atoms with Crippen molar-refractivity contribution < 1.29 is 5.11 Å². The summed E-state index contributed by atoms with van der Waals surface area (Å²) in [6.45, 7) is 2.04. The van der Waals surface area contributed by atoms with Crippen molar-refractivity contribution >= 4 is 0 Å². The van der Waals surface area contributed by atoms with Crippen molar-refractivity contribution in [1.82, 2.24) is 9.55 Å². The van der Waals surface area contributed by atoms with Gasteiger partial charge in [-0.15, -0.1) is 0 Å². The molecule has 0 amide bonds. The molecule has 1 aromatic heterocycles. The van der Waals surface area contributed by atoms with Gasteiger partial charge in [-0.3, -0.25) is 0 Å². The van der Waals surface area contributed by atoms with Gasteiger partial charge >= 0.3 is 0 Å². The molecule has 1 atom stereocenters. The minimum Gasteiger partial charge on any atom is -0.388 e. The molecule has 0 saturated heterocycles. The van der Waals surface area contributed by atoms with E-state index >= 15 is 0 Å². The Bertz CT molecular complexity index is 459. The van der Waals surface area contributed by atoms with Crippen molar-refractivity contribution in [3.05, 3.63) is 53.6 Å². The molecule has 1 N–H and O–H groups in total. The van der Waals surface area contributed by atoms with Gasteiger partial charge in [0.15, 0.2) is 0 Å². The van der Waals surface area contributed by atoms with Gasteiger partial charge in [0.05, 0.1) is 6.10 Å². The first-order chi connectivity index (χ1) is 7.66. The average Bonchev–Trinajstić information content (AvgIpc) is 2.65. The van der Waals surface area contributed by atoms with Crippen LogP contribution in [0.25, 0.3) is 0 Å². The maximum absolute atomic E-state index is 10.1. The number of imidazole rings is 1. The Hall–Kier alpha value is -1.61. The SMILES string of the molecule is Cc1ccc(C(O)Cc2nccn2C)cc1. The number of aliphatic hydroxyl groups is 1. The molecule has 0 radical (unpaired) electrons. The first-order valence-corrected chi connectivity index (χ1v) is 5.37. The minimum absolute atomic E-state index is 0.485. The zero-order valence-electron chi connectivity index (χ0n) is 9.59. The molecule has 16 heavy (non-hydrogen) atoms. The van der Waals surface area contributed by atoms with Gasteiger partial charge in [-0.1, -0.05) is 29.8 Å². The highest BCUT2D eigenvalue weighted by atomic mass is 16.3. The smallest absolute Gasteiger partial charge is 0.111 e. The van der Waals surface area contributed by atoms with Gasteiger partial charge in [0, 0.05) is 25.9 Å². The topological polar surface area (TPSA) is 38.1 Å². The number of benzene rings is 1. The summed E-state index contributed by atoms with van der Waals surface area (Å²) in [4.78, 5) is 4.20. The van der Waals surface area contributed by atoms with E-state index in [9.17, 15) is 5.11 Å². The Kier molecular flexibility index (Phi) is 3.06. The summed E-state index contributed by atoms with van der Waals surface area (Å²) in [5.41, 5.74) is 2.14. The van der Waals surface area contributed by atoms with E-state index in [1.807, 2.05) is 49.0 Å². The predicted molar refractivity (Wildman–Crippen MR) is 63.1 cm³/mol. The molecule has 0 bridgehead atoms. The molecule has 3 heteroatoms. The van der Waals surface area contributed by atoms with Crippen LogP contribution < -0.4 is 0 Å². The molecule has 0 saturated carbocycles. The molecule has 1 heterocycles. The van der Waals surface area contributed by atoms with Crippen LogP contribution in [0, 0.1) is 6.92 Å². The lowest BCUT2D eigenvalue weighted by Crippen LogP contribution is -2.06. The maximum atomic E-state index is 10.1. The van der Waals surface area contributed by atoms with Crippen LogP contribution in [0.5, 0.6) is 0 Å². The van der Waals surface area contributed by atoms with E-state index in [0.29, 0.717) is 6.42 Å². The van der Waals surface area contributed by atoms with Crippen molar-refractivity contribution in [2.45, 2.75) is 19.4 Å². The van der Waals surface area contributed by atoms with E-state index in [-0.39, 0.29) is 0 Å². The van der Waals surface area contributed by atoms with Crippen molar-refractivity contribution in [1.29, 1.82) is 0 Å². The van der Waals surface area contributed by atoms with Crippen LogP contribution in [0.15, 0.2) is 36.7 Å². The van der Waals surface area contributed by atoms with Gasteiger partial charge in [0.1, 0.15) is 5.82 Å². The molecule has 0 aliphatic rings. The second-order valence-corrected chi connectivity index (χ2v) is 4.08. The summed E-state index contributed by atoms with van der Waals surface area (Å²) in [6.07, 6.45) is 3.70. The third kappa shape index (κ3) is 2.31. The number of aromatic nitrogens is 2. The third-order valence-electron chi connectivity index (χ3n) is 2.76. The highest BCUT2D eigenvalue weighted by Gasteiger charge is 2.10. The van der Waals surface area contributed by atoms with E-state index in [0.717, 1.165) is 11.4 Å². The lowest BCUT2D eigenvalue weighted by atomic mass is 10.0. The molecule has 1 unspecified atom stereocenters. The highest BCUT2D eigenvalue weighted by molar-refractivity contribution is 5.23. The molecule has 0 spiro atoms. The van der Waals surface area contributed by atoms with Gasteiger partial charge in [-0.2, -0.15) is 0 Å². The fourth-order valence-corrected chi connectivity index (χ4v) is 1.67. The maximum Gasteiger partial charge on any atom is 0.111 e. The van der Waals surface area contributed by atoms with Crippen LogP contribution in [-0.4, -0.2) is 14.7 Å². The van der Waals surface area contributed by atoms with Crippen LogP contribution in [0.3, 0.4) is 0 Å². The Balaban J connectivity index is 2.11. The lowest BCUT2D eigenvalue weighted by molar-refractivity contribution is 0.175. The van der Waals surface area contributed by atoms with Gasteiger partial charge in [-0.05, 0) is 12.5 Å². The van der Waals surface area contributed by atoms with Gasteiger partial charge in [-0.25, -0.2) is 4.98 Å². The largest absolute Gasteiger partial charge is 0.388 e. The number of hydrogen-bond acceptors (Lipinski definition) is 2. The molecule has 3 nitrogen and oxygen atoms in total. The molecular formula is C13H16N2O. The van der Waals surface area contributed by atoms with Crippen LogP contribution in [0.4, 0.5) is 0 Å². The van der Waals surface area contributed by atoms with Crippen LogP contribution in [-0.2, 0) is 13.5 Å². The summed E-state index contributed by atoms with van der Waals surface area (Å²) in [5, 5.41) is 10.1. The minimum atomic E-state index is -0.485. The van der Waals surface area contributed by atoms with Crippen molar-refractivity contribution in [2.75, 3.05) is 0 Å². The molecule has 0 fully saturated rings. The number of aryl methyl sites for hydroxylation is 2. The van der Waals surface area contributed by atoms with Crippen LogP contribution in [0.1, 0.15) is 23.1 Å². The first-order valence-electron chi connectivity index (χ1n) is 5.37. The Morgan fingerprint density at radius 1 is 1.31 bits per heavy atom. The summed E-state index contributed by atoms with van der Waals surface area (Å²) >= 11 is 0. The molecule has 84 valence electrons. The van der Waals surface area contributed by atoms with Crippen molar-refractivity contribution in [3.8, 4) is 0 Å². The van der Waals surface area contributed by atoms with Gasteiger partial charge in [0.2, 0.25) is 0 Å². The Morgan fingerprint density at radius 2 is 2.00 bits per heavy atom. The normalized spacial score (nSPS) is 12.7. The van der Waals surface area contributed by atoms with Gasteiger partial charge in [0.25, 0.3) is 0 Å². The van der Waals surface area contributed by atoms with E-state index in [2.05, 4.69) is 4.98 Å². The first kappa shape index (κ1) is 10.9. The molecule has 0 aliphatic carbocycles. The number of rotatable bonds is 3. The summed E-state index contributed by atoms with van der Waals surface area (Å²) < 4.78 is 1.93.